The van der Waals surface area contributed by atoms with Crippen LogP contribution in [0, 0.1) is 0 Å². The minimum atomic E-state index is -0.498. The van der Waals surface area contributed by atoms with Crippen molar-refractivity contribution < 1.29 is 8.83 Å². The highest BCUT2D eigenvalue weighted by Crippen LogP contribution is 2.48. The Labute approximate surface area is 609 Å². The zero-order valence-electron chi connectivity index (χ0n) is 57.2. The van der Waals surface area contributed by atoms with Gasteiger partial charge >= 0.3 is 0 Å². The Bertz CT molecular complexity index is 7050. The maximum Gasteiger partial charge on any atom is 0.159 e. The molecule has 1 aliphatic carbocycles. The summed E-state index contributed by atoms with van der Waals surface area (Å²) in [5, 5.41) is 25.3. The Morgan fingerprint density at radius 3 is 1.52 bits per heavy atom. The largest absolute Gasteiger partial charge is 0.455 e. The molecule has 0 fully saturated rings. The summed E-state index contributed by atoms with van der Waals surface area (Å²) in [4.78, 5) is 10.5. The van der Waals surface area contributed by atoms with E-state index in [0.717, 1.165) is 177 Å². The molecule has 3 aliphatic rings. The van der Waals surface area contributed by atoms with E-state index in [1.54, 1.807) is 0 Å². The van der Waals surface area contributed by atoms with Crippen LogP contribution in [0.5, 0.6) is 0 Å². The van der Waals surface area contributed by atoms with Gasteiger partial charge < -0.3 is 28.6 Å². The monoisotopic (exact) mass is 1360 g/mol. The standard InChI is InChI=1S/C97H63N7O2/c1-5-24-58(25-6-1)89-75-38-15-18-43-82(75)98-96(99-89)81-57-66-52-62(46-49-70(66)88-77-42-23-40-72(91(77)106-93(81)88)64-47-50-85-78(54-64)73-36-16-19-44-83(73)103(85)67-32-11-4-12-33-67)61-31-21-34-68(53-61)104-84-45-20-17-37-74(84)79-55-65(48-51-86(79)104)71-39-22-41-76-87-69-35-14-13-30-63(69)56-80(92(87)105-90(71)76)97-101-94(59-26-7-2-8-27-59)100-95(102-97)60-28-9-3-10-29-60/h1-57,82,96-99H,(H,100,101,102). The molecule has 0 bridgehead atoms. The molecule has 19 aromatic rings. The van der Waals surface area contributed by atoms with Gasteiger partial charge in [0, 0.05) is 93.5 Å². The number of para-hydroxylation sites is 5. The van der Waals surface area contributed by atoms with E-state index in [9.17, 15) is 0 Å². The summed E-state index contributed by atoms with van der Waals surface area (Å²) in [5.74, 6) is 1.42. The van der Waals surface area contributed by atoms with Crippen LogP contribution in [0.25, 0.3) is 159 Å². The van der Waals surface area contributed by atoms with Crippen LogP contribution in [-0.4, -0.2) is 26.8 Å². The molecular weight excluding hydrogens is 1300 g/mol. The Morgan fingerprint density at radius 1 is 0.330 bits per heavy atom. The van der Waals surface area contributed by atoms with E-state index in [0.29, 0.717) is 5.84 Å². The lowest BCUT2D eigenvalue weighted by molar-refractivity contribution is 0.458. The number of hydrogen-bond acceptors (Lipinski definition) is 7. The smallest absolute Gasteiger partial charge is 0.159 e. The molecule has 22 rings (SSSR count). The van der Waals surface area contributed by atoms with Crippen molar-refractivity contribution in [3.63, 3.8) is 0 Å². The highest BCUT2D eigenvalue weighted by atomic mass is 16.3. The summed E-state index contributed by atoms with van der Waals surface area (Å²) in [6.07, 6.45) is 7.94. The van der Waals surface area contributed by atoms with Gasteiger partial charge in [0.05, 0.1) is 28.1 Å². The number of rotatable bonds is 10. The molecule has 0 saturated heterocycles. The topological polar surface area (TPSA) is 96.9 Å². The van der Waals surface area contributed by atoms with Gasteiger partial charge in [0.25, 0.3) is 0 Å². The zero-order chi connectivity index (χ0) is 69.5. The van der Waals surface area contributed by atoms with Gasteiger partial charge in [-0.3, -0.25) is 5.32 Å². The van der Waals surface area contributed by atoms with Crippen molar-refractivity contribution in [2.75, 3.05) is 0 Å². The van der Waals surface area contributed by atoms with Crippen molar-refractivity contribution in [1.29, 1.82) is 0 Å². The Kier molecular flexibility index (Phi) is 13.5. The molecule has 15 aromatic carbocycles. The molecule has 4 aromatic heterocycles. The van der Waals surface area contributed by atoms with E-state index in [1.807, 2.05) is 36.4 Å². The lowest BCUT2D eigenvalue weighted by Crippen LogP contribution is -2.45. The molecule has 0 spiro atoms. The Balaban J connectivity index is 0.671. The molecule has 106 heavy (non-hydrogen) atoms. The maximum atomic E-state index is 7.51. The van der Waals surface area contributed by atoms with E-state index in [4.69, 9.17) is 18.8 Å². The summed E-state index contributed by atoms with van der Waals surface area (Å²) < 4.78 is 19.7. The second kappa shape index (κ2) is 23.9. The summed E-state index contributed by atoms with van der Waals surface area (Å²) in [5.41, 5.74) is 23.8. The van der Waals surface area contributed by atoms with Crippen LogP contribution < -0.4 is 16.0 Å². The summed E-state index contributed by atoms with van der Waals surface area (Å²) in [6, 6.07) is 116. The number of amidine groups is 2. The molecule has 0 amide bonds. The highest BCUT2D eigenvalue weighted by Gasteiger charge is 2.33. The molecular formula is C97H63N7O2. The fraction of sp³-hybridized carbons (Fsp3) is 0.0309. The van der Waals surface area contributed by atoms with Crippen molar-refractivity contribution in [3.05, 3.63) is 379 Å². The predicted octanol–water partition coefficient (Wildman–Crippen LogP) is 23.6. The van der Waals surface area contributed by atoms with Crippen LogP contribution in [0.4, 0.5) is 0 Å². The molecule has 9 heteroatoms. The Hall–Kier alpha value is -13.9. The highest BCUT2D eigenvalue weighted by molar-refractivity contribution is 6.25. The van der Waals surface area contributed by atoms with Crippen molar-refractivity contribution in [1.82, 2.24) is 25.1 Å². The van der Waals surface area contributed by atoms with Crippen molar-refractivity contribution in [3.8, 4) is 44.8 Å². The number of fused-ring (bicyclic) bond motifs is 17. The molecule has 3 atom stereocenters. The van der Waals surface area contributed by atoms with Gasteiger partial charge in [-0.05, 0) is 134 Å². The van der Waals surface area contributed by atoms with Crippen molar-refractivity contribution >= 4 is 126 Å². The first-order chi connectivity index (χ1) is 52.5. The van der Waals surface area contributed by atoms with Gasteiger partial charge in [-0.15, -0.1) is 0 Å². The SMILES string of the molecule is C1=CC2=C(c3ccccc3)NC(c3cc4cc(-c5cccc(-n6c7ccccc7c7cc(-c8cccc9c8oc8c(C%10N=C(c%11ccccc%11)N=C(c%11ccccc%11)N%10)cc%10ccccc%10c89)ccc76)c5)ccc4c4c3oc3c(-c5ccc6c(c5)c5ccccc5n6-c5ccccc5)cccc34)NC2C=C1. The van der Waals surface area contributed by atoms with E-state index < -0.39 is 6.17 Å². The van der Waals surface area contributed by atoms with Crippen molar-refractivity contribution in [2.45, 2.75) is 18.4 Å². The predicted molar refractivity (Wildman–Crippen MR) is 437 cm³/mol. The van der Waals surface area contributed by atoms with E-state index >= 15 is 0 Å². The minimum absolute atomic E-state index is 0.0369. The van der Waals surface area contributed by atoms with E-state index in [1.165, 1.54) is 21.9 Å². The molecule has 498 valence electrons. The second-order valence-electron chi connectivity index (χ2n) is 28.0. The number of hydrogen-bond donors (Lipinski definition) is 3. The summed E-state index contributed by atoms with van der Waals surface area (Å²) in [7, 11) is 0. The number of furan rings is 2. The number of benzene rings is 15. The molecule has 3 N–H and O–H groups in total. The van der Waals surface area contributed by atoms with Gasteiger partial charge in [0.1, 0.15) is 34.3 Å². The van der Waals surface area contributed by atoms with Gasteiger partial charge in [-0.2, -0.15) is 0 Å². The lowest BCUT2D eigenvalue weighted by atomic mass is 9.91. The molecule has 6 heterocycles. The molecule has 0 saturated carbocycles. The first-order valence-electron chi connectivity index (χ1n) is 36.3. The lowest BCUT2D eigenvalue weighted by Gasteiger charge is -2.36. The summed E-state index contributed by atoms with van der Waals surface area (Å²) >= 11 is 0. The number of allylic oxidation sites excluding steroid dienone is 2. The number of nitrogens with one attached hydrogen (secondary N) is 3. The van der Waals surface area contributed by atoms with Gasteiger partial charge in [-0.25, -0.2) is 9.98 Å². The first-order valence-corrected chi connectivity index (χ1v) is 36.3. The third-order valence-electron chi connectivity index (χ3n) is 22.0. The average molecular weight is 1360 g/mol. The number of nitrogens with zero attached hydrogens (tertiary/aromatic N) is 4. The fourth-order valence-corrected chi connectivity index (χ4v) is 17.2. The summed E-state index contributed by atoms with van der Waals surface area (Å²) in [6.45, 7) is 0. The fourth-order valence-electron chi connectivity index (χ4n) is 17.2. The number of aromatic nitrogens is 2. The molecule has 2 aliphatic heterocycles. The third kappa shape index (κ3) is 9.46. The average Bonchev–Trinajstić information content (AvgIpc) is 1.56. The van der Waals surface area contributed by atoms with Gasteiger partial charge in [0.2, 0.25) is 0 Å². The van der Waals surface area contributed by atoms with Gasteiger partial charge in [-0.1, -0.05) is 267 Å². The van der Waals surface area contributed by atoms with Crippen LogP contribution in [-0.2, 0) is 0 Å². The minimum Gasteiger partial charge on any atom is -0.455 e. The van der Waals surface area contributed by atoms with Crippen LogP contribution in [0.15, 0.2) is 370 Å². The van der Waals surface area contributed by atoms with Crippen LogP contribution in [0.3, 0.4) is 0 Å². The Morgan fingerprint density at radius 2 is 0.840 bits per heavy atom. The second-order valence-corrected chi connectivity index (χ2v) is 28.0. The van der Waals surface area contributed by atoms with E-state index in [2.05, 4.69) is 335 Å². The molecule has 3 unspecified atom stereocenters. The molecule has 0 radical (unpaired) electrons. The van der Waals surface area contributed by atoms with Crippen LogP contribution in [0.2, 0.25) is 0 Å². The van der Waals surface area contributed by atoms with E-state index in [-0.39, 0.29) is 12.2 Å². The van der Waals surface area contributed by atoms with Crippen LogP contribution >= 0.6 is 0 Å². The normalized spacial score (nSPS) is 15.9. The first kappa shape index (κ1) is 59.8. The number of aliphatic imine (C=N–C) groups is 2. The zero-order valence-corrected chi connectivity index (χ0v) is 57.2. The van der Waals surface area contributed by atoms with Crippen molar-refractivity contribution in [2.24, 2.45) is 9.98 Å². The quantitative estimate of drug-likeness (QED) is 0.127. The third-order valence-corrected chi connectivity index (χ3v) is 22.0. The molecule has 9 nitrogen and oxygen atoms in total. The maximum absolute atomic E-state index is 7.51. The van der Waals surface area contributed by atoms with Gasteiger partial charge in [0.15, 0.2) is 12.0 Å². The van der Waals surface area contributed by atoms with Crippen LogP contribution in [0.1, 0.15) is 40.1 Å².